The Balaban J connectivity index is 1.29. The van der Waals surface area contributed by atoms with Gasteiger partial charge in [0.05, 0.1) is 30.3 Å². The van der Waals surface area contributed by atoms with Crippen molar-refractivity contribution in [3.05, 3.63) is 125 Å². The lowest BCUT2D eigenvalue weighted by Crippen LogP contribution is -2.33. The van der Waals surface area contributed by atoms with Crippen LogP contribution in [0.4, 0.5) is 11.4 Å². The molecule has 5 aromatic rings. The zero-order chi connectivity index (χ0) is 30.2. The molecule has 0 bridgehead atoms. The summed E-state index contributed by atoms with van der Waals surface area (Å²) in [5.41, 5.74) is 5.92. The average molecular weight is 593 g/mol. The van der Waals surface area contributed by atoms with Crippen molar-refractivity contribution in [1.82, 2.24) is 15.2 Å². The zero-order valence-electron chi connectivity index (χ0n) is 22.8. The van der Waals surface area contributed by atoms with Gasteiger partial charge in [0.15, 0.2) is 0 Å². The number of anilines is 2. The molecule has 214 valence electrons. The Morgan fingerprint density at radius 1 is 0.837 bits per heavy atom. The SMILES string of the molecule is COc1ccc(-c2nn(-c3ccccc3)cc2C=NNC(=O)C(=O)Nc2ccccc2C(=O)Nc2ccc(Cl)cc2)cc1. The van der Waals surface area contributed by atoms with Crippen LogP contribution in [0.5, 0.6) is 5.75 Å². The predicted molar refractivity (Wildman–Crippen MR) is 166 cm³/mol. The summed E-state index contributed by atoms with van der Waals surface area (Å²) in [6.45, 7) is 0. The topological polar surface area (TPSA) is 127 Å². The van der Waals surface area contributed by atoms with Gasteiger partial charge in [0.1, 0.15) is 11.4 Å². The zero-order valence-corrected chi connectivity index (χ0v) is 23.6. The van der Waals surface area contributed by atoms with E-state index in [0.717, 1.165) is 11.3 Å². The van der Waals surface area contributed by atoms with Gasteiger partial charge in [-0.3, -0.25) is 14.4 Å². The molecule has 0 saturated carbocycles. The van der Waals surface area contributed by atoms with Crippen LogP contribution in [0.15, 0.2) is 114 Å². The Hall–Kier alpha value is -5.74. The molecule has 10 nitrogen and oxygen atoms in total. The van der Waals surface area contributed by atoms with Crippen LogP contribution in [0.1, 0.15) is 15.9 Å². The number of methoxy groups -OCH3 is 1. The molecule has 0 aliphatic carbocycles. The number of amides is 3. The molecule has 3 N–H and O–H groups in total. The van der Waals surface area contributed by atoms with E-state index in [9.17, 15) is 14.4 Å². The number of ether oxygens (including phenoxy) is 1. The molecule has 1 heterocycles. The fourth-order valence-corrected chi connectivity index (χ4v) is 4.21. The van der Waals surface area contributed by atoms with Gasteiger partial charge in [-0.25, -0.2) is 10.1 Å². The monoisotopic (exact) mass is 592 g/mol. The number of hydrazone groups is 1. The van der Waals surface area contributed by atoms with E-state index in [1.165, 1.54) is 18.3 Å². The minimum atomic E-state index is -1.02. The van der Waals surface area contributed by atoms with E-state index >= 15 is 0 Å². The average Bonchev–Trinajstić information content (AvgIpc) is 3.47. The Kier molecular flexibility index (Phi) is 8.89. The molecule has 0 saturated heterocycles. The number of para-hydroxylation sites is 2. The van der Waals surface area contributed by atoms with Crippen LogP contribution >= 0.6 is 11.6 Å². The van der Waals surface area contributed by atoms with Gasteiger partial charge in [-0.1, -0.05) is 41.9 Å². The quantitative estimate of drug-likeness (QED) is 0.124. The number of carbonyl (C=O) groups excluding carboxylic acids is 3. The number of hydrogen-bond acceptors (Lipinski definition) is 6. The van der Waals surface area contributed by atoms with Crippen molar-refractivity contribution in [2.75, 3.05) is 17.7 Å². The Labute approximate surface area is 252 Å². The number of benzene rings is 4. The molecule has 0 spiro atoms. The minimum Gasteiger partial charge on any atom is -0.497 e. The number of rotatable bonds is 8. The van der Waals surface area contributed by atoms with Gasteiger partial charge in [-0.2, -0.15) is 10.2 Å². The molecule has 0 atom stereocenters. The first-order valence-electron chi connectivity index (χ1n) is 13.0. The summed E-state index contributed by atoms with van der Waals surface area (Å²) in [6, 6.07) is 29.8. The first-order chi connectivity index (χ1) is 20.9. The number of nitrogens with one attached hydrogen (secondary N) is 3. The normalized spacial score (nSPS) is 10.7. The number of hydrogen-bond donors (Lipinski definition) is 3. The van der Waals surface area contributed by atoms with Gasteiger partial charge in [-0.05, 0) is 72.8 Å². The van der Waals surface area contributed by atoms with E-state index in [-0.39, 0.29) is 11.3 Å². The lowest BCUT2D eigenvalue weighted by Gasteiger charge is -2.11. The van der Waals surface area contributed by atoms with Gasteiger partial charge in [-0.15, -0.1) is 0 Å². The predicted octanol–water partition coefficient (Wildman–Crippen LogP) is 5.54. The van der Waals surface area contributed by atoms with Crippen molar-refractivity contribution in [2.45, 2.75) is 0 Å². The van der Waals surface area contributed by atoms with E-state index in [0.29, 0.717) is 27.7 Å². The fraction of sp³-hybridized carbons (Fsp3) is 0.0312. The molecular formula is C32H25ClN6O4. The van der Waals surface area contributed by atoms with Crippen molar-refractivity contribution >= 4 is 46.9 Å². The highest BCUT2D eigenvalue weighted by atomic mass is 35.5. The number of aromatic nitrogens is 2. The highest BCUT2D eigenvalue weighted by molar-refractivity contribution is 6.40. The summed E-state index contributed by atoms with van der Waals surface area (Å²) in [5.74, 6) is -1.80. The molecule has 1 aromatic heterocycles. The third-order valence-corrected chi connectivity index (χ3v) is 6.48. The van der Waals surface area contributed by atoms with Gasteiger partial charge in [0.2, 0.25) is 0 Å². The fourth-order valence-electron chi connectivity index (χ4n) is 4.08. The maximum atomic E-state index is 12.9. The van der Waals surface area contributed by atoms with E-state index in [1.807, 2.05) is 54.6 Å². The summed E-state index contributed by atoms with van der Waals surface area (Å²) >= 11 is 5.90. The van der Waals surface area contributed by atoms with Crippen LogP contribution in [0.3, 0.4) is 0 Å². The molecule has 0 unspecified atom stereocenters. The van der Waals surface area contributed by atoms with Crippen LogP contribution in [0.2, 0.25) is 5.02 Å². The van der Waals surface area contributed by atoms with Gasteiger partial charge < -0.3 is 15.4 Å². The summed E-state index contributed by atoms with van der Waals surface area (Å²) in [5, 5.41) is 14.4. The Morgan fingerprint density at radius 2 is 1.53 bits per heavy atom. The lowest BCUT2D eigenvalue weighted by atomic mass is 10.1. The van der Waals surface area contributed by atoms with E-state index in [2.05, 4.69) is 21.2 Å². The third kappa shape index (κ3) is 7.13. The summed E-state index contributed by atoms with van der Waals surface area (Å²) < 4.78 is 6.95. The smallest absolute Gasteiger partial charge is 0.329 e. The molecule has 0 aliphatic heterocycles. The Morgan fingerprint density at radius 3 is 2.26 bits per heavy atom. The van der Waals surface area contributed by atoms with Gasteiger partial charge in [0.25, 0.3) is 5.91 Å². The van der Waals surface area contributed by atoms with Gasteiger partial charge in [0, 0.05) is 28.0 Å². The molecular weight excluding hydrogens is 568 g/mol. The first-order valence-corrected chi connectivity index (χ1v) is 13.4. The van der Waals surface area contributed by atoms with Crippen molar-refractivity contribution < 1.29 is 19.1 Å². The van der Waals surface area contributed by atoms with E-state index < -0.39 is 17.7 Å². The molecule has 43 heavy (non-hydrogen) atoms. The number of carbonyl (C=O) groups is 3. The standard InChI is InChI=1S/C32H25ClN6O4/c1-43-26-17-11-21(12-18-26)29-22(20-39(38-29)25-7-3-2-4-8-25)19-34-37-32(42)31(41)36-28-10-6-5-9-27(28)30(40)35-24-15-13-23(33)14-16-24/h2-20H,1H3,(H,35,40)(H,36,41)(H,37,42). The molecule has 11 heteroatoms. The van der Waals surface area contributed by atoms with Crippen LogP contribution in [-0.4, -0.2) is 40.8 Å². The highest BCUT2D eigenvalue weighted by Crippen LogP contribution is 2.25. The molecule has 0 fully saturated rings. The molecule has 0 radical (unpaired) electrons. The van der Waals surface area contributed by atoms with Crippen LogP contribution in [-0.2, 0) is 9.59 Å². The maximum Gasteiger partial charge on any atom is 0.329 e. The van der Waals surface area contributed by atoms with Crippen molar-refractivity contribution in [2.24, 2.45) is 5.10 Å². The third-order valence-electron chi connectivity index (χ3n) is 6.22. The lowest BCUT2D eigenvalue weighted by molar-refractivity contribution is -0.136. The van der Waals surface area contributed by atoms with Gasteiger partial charge >= 0.3 is 11.8 Å². The molecule has 0 aliphatic rings. The van der Waals surface area contributed by atoms with Crippen molar-refractivity contribution in [1.29, 1.82) is 0 Å². The van der Waals surface area contributed by atoms with Crippen LogP contribution in [0, 0.1) is 0 Å². The summed E-state index contributed by atoms with van der Waals surface area (Å²) in [7, 11) is 1.59. The van der Waals surface area contributed by atoms with E-state index in [4.69, 9.17) is 21.4 Å². The number of halogens is 1. The Bertz CT molecular complexity index is 1790. The van der Waals surface area contributed by atoms with E-state index in [1.54, 1.807) is 54.4 Å². The molecule has 3 amide bonds. The maximum absolute atomic E-state index is 12.9. The number of nitrogens with zero attached hydrogens (tertiary/aromatic N) is 3. The van der Waals surface area contributed by atoms with Crippen molar-refractivity contribution in [3.63, 3.8) is 0 Å². The molecule has 5 rings (SSSR count). The van der Waals surface area contributed by atoms with Crippen LogP contribution < -0.4 is 20.8 Å². The second-order valence-electron chi connectivity index (χ2n) is 9.10. The highest BCUT2D eigenvalue weighted by Gasteiger charge is 2.18. The minimum absolute atomic E-state index is 0.157. The second-order valence-corrected chi connectivity index (χ2v) is 9.54. The first kappa shape index (κ1) is 28.8. The summed E-state index contributed by atoms with van der Waals surface area (Å²) in [4.78, 5) is 38.2. The largest absolute Gasteiger partial charge is 0.497 e. The second kappa shape index (κ2) is 13.3. The van der Waals surface area contributed by atoms with Crippen molar-refractivity contribution in [3.8, 4) is 22.7 Å². The molecule has 4 aromatic carbocycles. The summed E-state index contributed by atoms with van der Waals surface area (Å²) in [6.07, 6.45) is 3.17. The van der Waals surface area contributed by atoms with Crippen LogP contribution in [0.25, 0.3) is 16.9 Å².